The third-order valence-corrected chi connectivity index (χ3v) is 3.64. The van der Waals surface area contributed by atoms with E-state index in [-0.39, 0.29) is 17.8 Å². The highest BCUT2D eigenvalue weighted by atomic mass is 35.6. The maximum atomic E-state index is 12.3. The Morgan fingerprint density at radius 1 is 1.29 bits per heavy atom. The van der Waals surface area contributed by atoms with E-state index >= 15 is 0 Å². The molecule has 2 aromatic rings. The topological polar surface area (TPSA) is 97.4 Å². The zero-order chi connectivity index (χ0) is 17.7. The number of nitro groups is 1. The summed E-state index contributed by atoms with van der Waals surface area (Å²) in [6.07, 6.45) is 0.447. The van der Waals surface area contributed by atoms with E-state index in [2.05, 4.69) is 10.6 Å². The van der Waals surface area contributed by atoms with Crippen molar-refractivity contribution in [3.63, 3.8) is 0 Å². The average molecular weight is 393 g/mol. The van der Waals surface area contributed by atoms with Gasteiger partial charge in [0.05, 0.1) is 17.7 Å². The Hall–Kier alpha value is -1.80. The van der Waals surface area contributed by atoms with Crippen molar-refractivity contribution in [3.05, 3.63) is 64.1 Å². The van der Waals surface area contributed by atoms with Crippen LogP contribution in [-0.2, 0) is 6.54 Å². The van der Waals surface area contributed by atoms with Gasteiger partial charge in [-0.3, -0.25) is 20.2 Å². The Morgan fingerprint density at radius 2 is 2.04 bits per heavy atom. The molecule has 10 heteroatoms. The van der Waals surface area contributed by atoms with Crippen LogP contribution >= 0.6 is 34.8 Å². The molecule has 1 heterocycles. The lowest BCUT2D eigenvalue weighted by molar-refractivity contribution is -0.384. The van der Waals surface area contributed by atoms with Crippen LogP contribution in [0.5, 0.6) is 0 Å². The Kier molecular flexibility index (Phi) is 6.06. The van der Waals surface area contributed by atoms with Gasteiger partial charge in [0.25, 0.3) is 11.6 Å². The van der Waals surface area contributed by atoms with E-state index in [4.69, 9.17) is 39.2 Å². The Labute approximate surface area is 152 Å². The van der Waals surface area contributed by atoms with Crippen LogP contribution < -0.4 is 10.6 Å². The second kappa shape index (κ2) is 7.85. The van der Waals surface area contributed by atoms with Gasteiger partial charge in [-0.05, 0) is 18.2 Å². The molecular weight excluding hydrogens is 381 g/mol. The van der Waals surface area contributed by atoms with Crippen LogP contribution in [0.25, 0.3) is 0 Å². The van der Waals surface area contributed by atoms with Crippen LogP contribution in [0.4, 0.5) is 5.69 Å². The largest absolute Gasteiger partial charge is 0.468 e. The molecule has 2 N–H and O–H groups in total. The highest BCUT2D eigenvalue weighted by Crippen LogP contribution is 2.29. The summed E-state index contributed by atoms with van der Waals surface area (Å²) in [5.41, 5.74) is -0.139. The molecule has 0 saturated carbocycles. The van der Waals surface area contributed by atoms with E-state index in [1.807, 2.05) is 0 Å². The molecule has 0 bridgehead atoms. The molecule has 128 valence electrons. The summed E-state index contributed by atoms with van der Waals surface area (Å²) in [5.74, 6) is -0.0409. The Bertz CT molecular complexity index is 716. The van der Waals surface area contributed by atoms with Crippen LogP contribution in [0.1, 0.15) is 16.1 Å². The summed E-state index contributed by atoms with van der Waals surface area (Å²) in [6, 6.07) is 8.64. The summed E-state index contributed by atoms with van der Waals surface area (Å²) in [6.45, 7) is 0.209. The monoisotopic (exact) mass is 391 g/mol. The van der Waals surface area contributed by atoms with Crippen molar-refractivity contribution in [2.75, 3.05) is 0 Å². The zero-order valence-electron chi connectivity index (χ0n) is 12.0. The van der Waals surface area contributed by atoms with Crippen molar-refractivity contribution in [3.8, 4) is 0 Å². The Morgan fingerprint density at radius 3 is 2.62 bits per heavy atom. The molecule has 7 nitrogen and oxygen atoms in total. The normalized spacial score (nSPS) is 12.6. The number of nitro benzene ring substituents is 1. The summed E-state index contributed by atoms with van der Waals surface area (Å²) in [7, 11) is 0. The van der Waals surface area contributed by atoms with Crippen molar-refractivity contribution < 1.29 is 14.1 Å². The van der Waals surface area contributed by atoms with Crippen molar-refractivity contribution >= 4 is 46.4 Å². The second-order valence-corrected chi connectivity index (χ2v) is 7.08. The number of rotatable bonds is 6. The van der Waals surface area contributed by atoms with Gasteiger partial charge in [-0.1, -0.05) is 40.9 Å². The highest BCUT2D eigenvalue weighted by molar-refractivity contribution is 6.68. The quantitative estimate of drug-likeness (QED) is 0.340. The first kappa shape index (κ1) is 18.5. The molecular formula is C14H12Cl3N3O4. The molecule has 0 spiro atoms. The van der Waals surface area contributed by atoms with Gasteiger partial charge in [0, 0.05) is 17.7 Å². The predicted octanol–water partition coefficient (Wildman–Crippen LogP) is 3.40. The van der Waals surface area contributed by atoms with Gasteiger partial charge in [0.2, 0.25) is 3.79 Å². The van der Waals surface area contributed by atoms with Crippen LogP contribution in [-0.4, -0.2) is 20.8 Å². The molecule has 0 fully saturated rings. The average Bonchev–Trinajstić information content (AvgIpc) is 3.03. The van der Waals surface area contributed by atoms with Crippen molar-refractivity contribution in [1.29, 1.82) is 0 Å². The predicted molar refractivity (Wildman–Crippen MR) is 90.2 cm³/mol. The number of amides is 1. The number of furan rings is 1. The summed E-state index contributed by atoms with van der Waals surface area (Å²) >= 11 is 17.6. The maximum absolute atomic E-state index is 12.3. The molecule has 0 radical (unpaired) electrons. The van der Waals surface area contributed by atoms with E-state index in [1.165, 1.54) is 24.5 Å². The number of nitrogens with one attached hydrogen (secondary N) is 2. The second-order valence-electron chi connectivity index (χ2n) is 4.72. The molecule has 1 atom stereocenters. The molecule has 2 rings (SSSR count). The minimum atomic E-state index is -1.84. The molecule has 1 amide bonds. The highest BCUT2D eigenvalue weighted by Gasteiger charge is 2.34. The minimum absolute atomic E-state index is 0.0725. The minimum Gasteiger partial charge on any atom is -0.468 e. The molecule has 1 aromatic heterocycles. The lowest BCUT2D eigenvalue weighted by Gasteiger charge is -2.26. The van der Waals surface area contributed by atoms with E-state index in [1.54, 1.807) is 12.1 Å². The molecule has 1 aromatic carbocycles. The van der Waals surface area contributed by atoms with Gasteiger partial charge in [-0.15, -0.1) is 0 Å². The van der Waals surface area contributed by atoms with E-state index in [0.717, 1.165) is 6.07 Å². The van der Waals surface area contributed by atoms with Gasteiger partial charge in [0.15, 0.2) is 0 Å². The Balaban J connectivity index is 2.09. The number of halogens is 3. The fourth-order valence-electron chi connectivity index (χ4n) is 1.84. The lowest BCUT2D eigenvalue weighted by Crippen LogP contribution is -2.53. The molecule has 0 saturated heterocycles. The number of non-ortho nitro benzene ring substituents is 1. The number of benzene rings is 1. The van der Waals surface area contributed by atoms with Gasteiger partial charge < -0.3 is 9.73 Å². The summed E-state index contributed by atoms with van der Waals surface area (Å²) < 4.78 is 3.30. The fraction of sp³-hybridized carbons (Fsp3) is 0.214. The van der Waals surface area contributed by atoms with Crippen LogP contribution in [0.3, 0.4) is 0 Å². The number of hydrogen-bond acceptors (Lipinski definition) is 5. The number of carbonyl (C=O) groups is 1. The number of alkyl halides is 3. The lowest BCUT2D eigenvalue weighted by atomic mass is 10.2. The molecule has 0 aliphatic rings. The first-order chi connectivity index (χ1) is 11.3. The summed E-state index contributed by atoms with van der Waals surface area (Å²) in [5, 5.41) is 16.1. The third kappa shape index (κ3) is 5.10. The molecule has 24 heavy (non-hydrogen) atoms. The fourth-order valence-corrected chi connectivity index (χ4v) is 2.23. The van der Waals surface area contributed by atoms with Crippen molar-refractivity contribution in [2.24, 2.45) is 0 Å². The number of carbonyl (C=O) groups excluding carboxylic acids is 1. The standard InChI is InChI=1S/C14H12Cl3N3O4/c15-14(16,17)13(18-8-11-5-2-6-24-11)19-12(21)9-3-1-4-10(7-9)20(22)23/h1-7,13,18H,8H2,(H,19,21)/t13-/m0/s1. The van der Waals surface area contributed by atoms with Gasteiger partial charge in [-0.2, -0.15) is 0 Å². The SMILES string of the molecule is O=C(N[C@H](NCc1ccco1)C(Cl)(Cl)Cl)c1cccc([N+](=O)[O-])c1. The zero-order valence-corrected chi connectivity index (χ0v) is 14.3. The molecule has 0 unspecified atom stereocenters. The van der Waals surface area contributed by atoms with E-state index < -0.39 is 20.8 Å². The summed E-state index contributed by atoms with van der Waals surface area (Å²) in [4.78, 5) is 22.4. The first-order valence-corrected chi connectivity index (χ1v) is 7.78. The van der Waals surface area contributed by atoms with Gasteiger partial charge in [0.1, 0.15) is 11.9 Å². The van der Waals surface area contributed by atoms with Crippen LogP contribution in [0.15, 0.2) is 47.1 Å². The van der Waals surface area contributed by atoms with E-state index in [9.17, 15) is 14.9 Å². The van der Waals surface area contributed by atoms with Crippen molar-refractivity contribution in [1.82, 2.24) is 10.6 Å². The molecule has 0 aliphatic carbocycles. The molecule has 0 aliphatic heterocycles. The van der Waals surface area contributed by atoms with Crippen LogP contribution in [0, 0.1) is 10.1 Å². The van der Waals surface area contributed by atoms with E-state index in [0.29, 0.717) is 5.76 Å². The van der Waals surface area contributed by atoms with Crippen LogP contribution in [0.2, 0.25) is 0 Å². The van der Waals surface area contributed by atoms with Crippen molar-refractivity contribution in [2.45, 2.75) is 16.5 Å². The van der Waals surface area contributed by atoms with Gasteiger partial charge in [-0.25, -0.2) is 0 Å². The smallest absolute Gasteiger partial charge is 0.270 e. The number of hydrogen-bond donors (Lipinski definition) is 2. The maximum Gasteiger partial charge on any atom is 0.270 e. The van der Waals surface area contributed by atoms with Gasteiger partial charge >= 0.3 is 0 Å². The first-order valence-electron chi connectivity index (χ1n) is 6.65. The third-order valence-electron chi connectivity index (χ3n) is 2.98. The number of nitrogens with zero attached hydrogens (tertiary/aromatic N) is 1.